The van der Waals surface area contributed by atoms with Gasteiger partial charge in [-0.3, -0.25) is 9.36 Å². The SMILES string of the molecule is O=C(c1ccc2ccccc2c1)n1c2ccccc2c2c3ccn(-c4ccccc4)c3ccc21. The number of aromatic nitrogens is 2. The van der Waals surface area contributed by atoms with Crippen molar-refractivity contribution in [3.8, 4) is 5.69 Å². The van der Waals surface area contributed by atoms with Crippen LogP contribution in [0.25, 0.3) is 49.2 Å². The minimum Gasteiger partial charge on any atom is -0.317 e. The standard InChI is InChI=1S/C31H20N2O/c34-31(23-15-14-21-8-4-5-9-22(21)20-23)33-28-13-7-6-12-25(28)30-26-18-19-32(24-10-2-1-3-11-24)27(26)16-17-29(30)33/h1-20H. The van der Waals surface area contributed by atoms with Crippen molar-refractivity contribution in [1.29, 1.82) is 0 Å². The summed E-state index contributed by atoms with van der Waals surface area (Å²) in [5, 5.41) is 5.53. The van der Waals surface area contributed by atoms with E-state index in [2.05, 4.69) is 53.2 Å². The molecule has 0 aliphatic rings. The fourth-order valence-corrected chi connectivity index (χ4v) is 5.17. The molecule has 0 aliphatic heterocycles. The number of rotatable bonds is 2. The third-order valence-electron chi connectivity index (χ3n) is 6.74. The van der Waals surface area contributed by atoms with Gasteiger partial charge in [0.25, 0.3) is 5.91 Å². The highest BCUT2D eigenvalue weighted by molar-refractivity contribution is 6.24. The van der Waals surface area contributed by atoms with E-state index in [-0.39, 0.29) is 5.91 Å². The van der Waals surface area contributed by atoms with Crippen molar-refractivity contribution in [2.45, 2.75) is 0 Å². The van der Waals surface area contributed by atoms with Gasteiger partial charge in [-0.2, -0.15) is 0 Å². The van der Waals surface area contributed by atoms with Gasteiger partial charge in [0.05, 0.1) is 16.6 Å². The van der Waals surface area contributed by atoms with Gasteiger partial charge in [0.1, 0.15) is 0 Å². The van der Waals surface area contributed by atoms with Crippen molar-refractivity contribution in [1.82, 2.24) is 9.13 Å². The molecule has 2 heterocycles. The van der Waals surface area contributed by atoms with Crippen LogP contribution in [0.1, 0.15) is 10.4 Å². The average Bonchev–Trinajstić information content (AvgIpc) is 3.47. The maximum absolute atomic E-state index is 13.9. The number of hydrogen-bond donors (Lipinski definition) is 0. The molecule has 0 bridgehead atoms. The first-order chi connectivity index (χ1) is 16.8. The van der Waals surface area contributed by atoms with Crippen LogP contribution in [-0.2, 0) is 0 Å². The van der Waals surface area contributed by atoms with Gasteiger partial charge in [-0.15, -0.1) is 0 Å². The molecule has 5 aromatic carbocycles. The zero-order chi connectivity index (χ0) is 22.6. The van der Waals surface area contributed by atoms with E-state index in [4.69, 9.17) is 0 Å². The van der Waals surface area contributed by atoms with E-state index >= 15 is 0 Å². The molecule has 0 atom stereocenters. The van der Waals surface area contributed by atoms with Crippen molar-refractivity contribution in [2.24, 2.45) is 0 Å². The number of benzene rings is 5. The van der Waals surface area contributed by atoms with E-state index in [0.29, 0.717) is 5.56 Å². The minimum absolute atomic E-state index is 0.0150. The van der Waals surface area contributed by atoms with Gasteiger partial charge >= 0.3 is 0 Å². The van der Waals surface area contributed by atoms with Crippen LogP contribution < -0.4 is 0 Å². The Balaban J connectivity index is 1.51. The van der Waals surface area contributed by atoms with Gasteiger partial charge in [0.2, 0.25) is 0 Å². The van der Waals surface area contributed by atoms with Crippen molar-refractivity contribution < 1.29 is 4.79 Å². The van der Waals surface area contributed by atoms with Crippen LogP contribution in [0.4, 0.5) is 0 Å². The van der Waals surface area contributed by atoms with Crippen LogP contribution in [0.5, 0.6) is 0 Å². The first-order valence-electron chi connectivity index (χ1n) is 11.4. The number of fused-ring (bicyclic) bond motifs is 6. The maximum Gasteiger partial charge on any atom is 0.262 e. The predicted octanol–water partition coefficient (Wildman–Crippen LogP) is 7.58. The lowest BCUT2D eigenvalue weighted by Crippen LogP contribution is -2.11. The Hall–Kier alpha value is -4.63. The highest BCUT2D eigenvalue weighted by Crippen LogP contribution is 2.36. The van der Waals surface area contributed by atoms with Gasteiger partial charge in [-0.1, -0.05) is 66.7 Å². The van der Waals surface area contributed by atoms with Crippen LogP contribution in [0.3, 0.4) is 0 Å². The molecule has 0 unspecified atom stereocenters. The Bertz CT molecular complexity index is 1870. The molecule has 160 valence electrons. The topological polar surface area (TPSA) is 26.9 Å². The Morgan fingerprint density at radius 1 is 0.559 bits per heavy atom. The third-order valence-corrected chi connectivity index (χ3v) is 6.74. The summed E-state index contributed by atoms with van der Waals surface area (Å²) in [5.74, 6) is -0.0150. The van der Waals surface area contributed by atoms with Crippen LogP contribution in [-0.4, -0.2) is 15.0 Å². The Morgan fingerprint density at radius 3 is 2.15 bits per heavy atom. The normalized spacial score (nSPS) is 11.6. The van der Waals surface area contributed by atoms with Gasteiger partial charge in [-0.25, -0.2) is 0 Å². The van der Waals surface area contributed by atoms with E-state index in [9.17, 15) is 4.79 Å². The lowest BCUT2D eigenvalue weighted by atomic mass is 10.1. The number of hydrogen-bond acceptors (Lipinski definition) is 1. The quantitative estimate of drug-likeness (QED) is 0.274. The monoisotopic (exact) mass is 436 g/mol. The van der Waals surface area contributed by atoms with E-state index in [1.165, 1.54) is 0 Å². The molecule has 0 saturated carbocycles. The maximum atomic E-state index is 13.9. The van der Waals surface area contributed by atoms with E-state index in [0.717, 1.165) is 49.2 Å². The summed E-state index contributed by atoms with van der Waals surface area (Å²) in [6.07, 6.45) is 2.11. The summed E-state index contributed by atoms with van der Waals surface area (Å²) in [6, 6.07) is 39.0. The van der Waals surface area contributed by atoms with Crippen LogP contribution in [0.2, 0.25) is 0 Å². The van der Waals surface area contributed by atoms with Crippen LogP contribution in [0.15, 0.2) is 121 Å². The molecule has 0 aliphatic carbocycles. The summed E-state index contributed by atoms with van der Waals surface area (Å²) in [6.45, 7) is 0. The highest BCUT2D eigenvalue weighted by Gasteiger charge is 2.20. The lowest BCUT2D eigenvalue weighted by Gasteiger charge is -2.08. The first kappa shape index (κ1) is 18.9. The van der Waals surface area contributed by atoms with Crippen molar-refractivity contribution in [2.75, 3.05) is 0 Å². The number of nitrogens with zero attached hydrogens (tertiary/aromatic N) is 2. The second-order valence-electron chi connectivity index (χ2n) is 8.63. The molecule has 0 fully saturated rings. The van der Waals surface area contributed by atoms with Gasteiger partial charge < -0.3 is 4.57 Å². The average molecular weight is 437 g/mol. The second-order valence-corrected chi connectivity index (χ2v) is 8.63. The molecule has 34 heavy (non-hydrogen) atoms. The Kier molecular flexibility index (Phi) is 4.00. The number of carbonyl (C=O) groups excluding carboxylic acids is 1. The molecule has 0 saturated heterocycles. The molecule has 3 heteroatoms. The van der Waals surface area contributed by atoms with E-state index in [1.807, 2.05) is 77.4 Å². The summed E-state index contributed by atoms with van der Waals surface area (Å²) in [5.41, 5.74) is 4.78. The number of carbonyl (C=O) groups is 1. The minimum atomic E-state index is -0.0150. The van der Waals surface area contributed by atoms with Gasteiger partial charge in [0.15, 0.2) is 0 Å². The number of para-hydroxylation sites is 2. The Labute approximate surface area is 196 Å². The van der Waals surface area contributed by atoms with Crippen LogP contribution in [0, 0.1) is 0 Å². The van der Waals surface area contributed by atoms with Gasteiger partial charge in [-0.05, 0) is 59.3 Å². The van der Waals surface area contributed by atoms with Crippen molar-refractivity contribution in [3.05, 3.63) is 127 Å². The molecule has 0 amide bonds. The fraction of sp³-hybridized carbons (Fsp3) is 0. The summed E-state index contributed by atoms with van der Waals surface area (Å²) < 4.78 is 4.07. The molecule has 0 radical (unpaired) electrons. The fourth-order valence-electron chi connectivity index (χ4n) is 5.17. The first-order valence-corrected chi connectivity index (χ1v) is 11.4. The zero-order valence-corrected chi connectivity index (χ0v) is 18.3. The molecule has 2 aromatic heterocycles. The van der Waals surface area contributed by atoms with Crippen LogP contribution >= 0.6 is 0 Å². The largest absolute Gasteiger partial charge is 0.317 e. The summed E-state index contributed by atoms with van der Waals surface area (Å²) in [4.78, 5) is 13.9. The summed E-state index contributed by atoms with van der Waals surface area (Å²) in [7, 11) is 0. The Morgan fingerprint density at radius 2 is 1.26 bits per heavy atom. The van der Waals surface area contributed by atoms with E-state index in [1.54, 1.807) is 0 Å². The molecular weight excluding hydrogens is 416 g/mol. The third kappa shape index (κ3) is 2.67. The molecule has 3 nitrogen and oxygen atoms in total. The molecule has 7 aromatic rings. The smallest absolute Gasteiger partial charge is 0.262 e. The lowest BCUT2D eigenvalue weighted by molar-refractivity contribution is 0.0969. The highest BCUT2D eigenvalue weighted by atomic mass is 16.2. The molecule has 0 spiro atoms. The second kappa shape index (κ2) is 7.19. The summed E-state index contributed by atoms with van der Waals surface area (Å²) >= 11 is 0. The zero-order valence-electron chi connectivity index (χ0n) is 18.3. The molecule has 0 N–H and O–H groups in total. The van der Waals surface area contributed by atoms with Crippen molar-refractivity contribution in [3.63, 3.8) is 0 Å². The van der Waals surface area contributed by atoms with E-state index < -0.39 is 0 Å². The molecular formula is C31H20N2O. The van der Waals surface area contributed by atoms with Gasteiger partial charge in [0, 0.05) is 33.6 Å². The predicted molar refractivity (Wildman–Crippen MR) is 140 cm³/mol. The molecule has 7 rings (SSSR count). The van der Waals surface area contributed by atoms with Crippen molar-refractivity contribution >= 4 is 49.4 Å².